The summed E-state index contributed by atoms with van der Waals surface area (Å²) in [5.41, 5.74) is 8.52. The van der Waals surface area contributed by atoms with E-state index in [1.165, 1.54) is 23.8 Å². The number of hydrogen-bond donors (Lipinski definition) is 2. The summed E-state index contributed by atoms with van der Waals surface area (Å²) in [5, 5.41) is 1.22. The SMILES string of the molecule is NCC1(c2c[nH]c3cc4c(cc23)OCO4)CC1. The van der Waals surface area contributed by atoms with Crippen molar-refractivity contribution in [3.8, 4) is 11.5 Å². The van der Waals surface area contributed by atoms with E-state index in [1.807, 2.05) is 6.07 Å². The molecule has 0 unspecified atom stereocenters. The van der Waals surface area contributed by atoms with E-state index in [2.05, 4.69) is 17.2 Å². The molecule has 1 aromatic carbocycles. The summed E-state index contributed by atoms with van der Waals surface area (Å²) in [4.78, 5) is 3.31. The molecule has 1 fully saturated rings. The van der Waals surface area contributed by atoms with Crippen LogP contribution in [0.15, 0.2) is 18.3 Å². The van der Waals surface area contributed by atoms with Gasteiger partial charge in [0.15, 0.2) is 11.5 Å². The van der Waals surface area contributed by atoms with Crippen molar-refractivity contribution in [2.45, 2.75) is 18.3 Å². The molecule has 3 N–H and O–H groups in total. The molecule has 0 spiro atoms. The lowest BCUT2D eigenvalue weighted by molar-refractivity contribution is 0.174. The molecular formula is C13H14N2O2. The summed E-state index contributed by atoms with van der Waals surface area (Å²) in [5.74, 6) is 1.66. The van der Waals surface area contributed by atoms with Gasteiger partial charge in [0.1, 0.15) is 0 Å². The highest BCUT2D eigenvalue weighted by molar-refractivity contribution is 5.88. The molecule has 4 nitrogen and oxygen atoms in total. The number of nitrogens with one attached hydrogen (secondary N) is 1. The molecule has 88 valence electrons. The van der Waals surface area contributed by atoms with Crippen LogP contribution in [0.2, 0.25) is 0 Å². The Labute approximate surface area is 98.7 Å². The van der Waals surface area contributed by atoms with E-state index in [-0.39, 0.29) is 5.41 Å². The van der Waals surface area contributed by atoms with Crippen LogP contribution in [0.25, 0.3) is 10.9 Å². The summed E-state index contributed by atoms with van der Waals surface area (Å²) in [7, 11) is 0. The normalized spacial score (nSPS) is 19.8. The van der Waals surface area contributed by atoms with Gasteiger partial charge in [0, 0.05) is 35.1 Å². The number of ether oxygens (including phenoxy) is 2. The Kier molecular flexibility index (Phi) is 1.63. The van der Waals surface area contributed by atoms with Gasteiger partial charge in [-0.2, -0.15) is 0 Å². The van der Waals surface area contributed by atoms with Crippen molar-refractivity contribution in [3.63, 3.8) is 0 Å². The first-order valence-electron chi connectivity index (χ1n) is 5.94. The van der Waals surface area contributed by atoms with Crippen LogP contribution >= 0.6 is 0 Å². The highest BCUT2D eigenvalue weighted by Gasteiger charge is 2.44. The predicted molar refractivity (Wildman–Crippen MR) is 64.4 cm³/mol. The lowest BCUT2D eigenvalue weighted by Crippen LogP contribution is -2.19. The van der Waals surface area contributed by atoms with Crippen LogP contribution in [0, 0.1) is 0 Å². The summed E-state index contributed by atoms with van der Waals surface area (Å²) >= 11 is 0. The zero-order valence-corrected chi connectivity index (χ0v) is 9.45. The number of H-pyrrole nitrogens is 1. The average Bonchev–Trinajstić information content (AvgIpc) is 2.82. The van der Waals surface area contributed by atoms with E-state index >= 15 is 0 Å². The van der Waals surface area contributed by atoms with Crippen LogP contribution in [0.1, 0.15) is 18.4 Å². The minimum absolute atomic E-state index is 0.200. The summed E-state index contributed by atoms with van der Waals surface area (Å²) in [6.45, 7) is 1.04. The van der Waals surface area contributed by atoms with Crippen molar-refractivity contribution in [2.75, 3.05) is 13.3 Å². The number of nitrogens with two attached hydrogens (primary N) is 1. The van der Waals surface area contributed by atoms with Crippen LogP contribution in [0.4, 0.5) is 0 Å². The molecular weight excluding hydrogens is 216 g/mol. The number of benzene rings is 1. The lowest BCUT2D eigenvalue weighted by Gasteiger charge is -2.10. The maximum absolute atomic E-state index is 5.89. The highest BCUT2D eigenvalue weighted by Crippen LogP contribution is 2.50. The summed E-state index contributed by atoms with van der Waals surface area (Å²) in [6, 6.07) is 4.08. The van der Waals surface area contributed by atoms with Gasteiger partial charge >= 0.3 is 0 Å². The Morgan fingerprint density at radius 1 is 1.24 bits per heavy atom. The monoisotopic (exact) mass is 230 g/mol. The first-order valence-corrected chi connectivity index (χ1v) is 5.94. The third-order valence-corrected chi connectivity index (χ3v) is 3.99. The predicted octanol–water partition coefficient (Wildman–Crippen LogP) is 1.89. The van der Waals surface area contributed by atoms with Gasteiger partial charge in [-0.3, -0.25) is 0 Å². The fraction of sp³-hybridized carbons (Fsp3) is 0.385. The summed E-state index contributed by atoms with van der Waals surface area (Å²) < 4.78 is 10.8. The molecule has 1 aromatic heterocycles. The standard InChI is InChI=1S/C13H14N2O2/c14-6-13(1-2-13)9-5-15-10-4-12-11(3-8(9)10)16-7-17-12/h3-5,15H,1-2,6-7,14H2. The van der Waals surface area contributed by atoms with Gasteiger partial charge in [-0.1, -0.05) is 0 Å². The van der Waals surface area contributed by atoms with Crippen LogP contribution < -0.4 is 15.2 Å². The van der Waals surface area contributed by atoms with Crippen molar-refractivity contribution in [1.82, 2.24) is 4.98 Å². The van der Waals surface area contributed by atoms with Crippen molar-refractivity contribution in [3.05, 3.63) is 23.9 Å². The molecule has 0 atom stereocenters. The maximum atomic E-state index is 5.89. The molecule has 1 aliphatic carbocycles. The largest absolute Gasteiger partial charge is 0.454 e. The molecule has 2 heterocycles. The Morgan fingerprint density at radius 2 is 2.00 bits per heavy atom. The second kappa shape index (κ2) is 2.96. The fourth-order valence-electron chi connectivity index (χ4n) is 2.68. The van der Waals surface area contributed by atoms with Crippen LogP contribution in [0.3, 0.4) is 0 Å². The molecule has 0 amide bonds. The number of hydrogen-bond acceptors (Lipinski definition) is 3. The third kappa shape index (κ3) is 1.16. The van der Waals surface area contributed by atoms with Crippen LogP contribution in [0.5, 0.6) is 11.5 Å². The van der Waals surface area contributed by atoms with Crippen molar-refractivity contribution in [2.24, 2.45) is 5.73 Å². The maximum Gasteiger partial charge on any atom is 0.231 e. The molecule has 0 bridgehead atoms. The molecule has 4 rings (SSSR count). The third-order valence-electron chi connectivity index (χ3n) is 3.99. The average molecular weight is 230 g/mol. The molecule has 1 aliphatic heterocycles. The van der Waals surface area contributed by atoms with E-state index < -0.39 is 0 Å². The zero-order chi connectivity index (χ0) is 11.5. The molecule has 2 aromatic rings. The van der Waals surface area contributed by atoms with Gasteiger partial charge in [0.2, 0.25) is 6.79 Å². The molecule has 4 heteroatoms. The molecule has 0 radical (unpaired) electrons. The van der Waals surface area contributed by atoms with Gasteiger partial charge in [-0.05, 0) is 24.5 Å². The van der Waals surface area contributed by atoms with E-state index in [0.717, 1.165) is 17.0 Å². The molecule has 17 heavy (non-hydrogen) atoms. The first-order chi connectivity index (χ1) is 8.32. The van der Waals surface area contributed by atoms with E-state index in [0.29, 0.717) is 13.3 Å². The molecule has 2 aliphatic rings. The Balaban J connectivity index is 1.95. The van der Waals surface area contributed by atoms with Gasteiger partial charge in [-0.15, -0.1) is 0 Å². The van der Waals surface area contributed by atoms with E-state index in [4.69, 9.17) is 15.2 Å². The first kappa shape index (κ1) is 9.36. The number of rotatable bonds is 2. The number of fused-ring (bicyclic) bond motifs is 2. The van der Waals surface area contributed by atoms with Crippen molar-refractivity contribution >= 4 is 10.9 Å². The van der Waals surface area contributed by atoms with E-state index in [9.17, 15) is 0 Å². The van der Waals surface area contributed by atoms with Crippen molar-refractivity contribution < 1.29 is 9.47 Å². The van der Waals surface area contributed by atoms with Gasteiger partial charge in [0.05, 0.1) is 0 Å². The smallest absolute Gasteiger partial charge is 0.231 e. The topological polar surface area (TPSA) is 60.3 Å². The quantitative estimate of drug-likeness (QED) is 0.828. The minimum Gasteiger partial charge on any atom is -0.454 e. The molecule has 0 saturated heterocycles. The van der Waals surface area contributed by atoms with Crippen LogP contribution in [-0.2, 0) is 5.41 Å². The molecule has 1 saturated carbocycles. The summed E-state index contributed by atoms with van der Waals surface area (Å²) in [6.07, 6.45) is 4.45. The number of aromatic amines is 1. The fourth-order valence-corrected chi connectivity index (χ4v) is 2.68. The zero-order valence-electron chi connectivity index (χ0n) is 9.45. The minimum atomic E-state index is 0.200. The van der Waals surface area contributed by atoms with Gasteiger partial charge in [0.25, 0.3) is 0 Å². The second-order valence-electron chi connectivity index (χ2n) is 4.94. The van der Waals surface area contributed by atoms with Crippen LogP contribution in [-0.4, -0.2) is 18.3 Å². The van der Waals surface area contributed by atoms with Gasteiger partial charge < -0.3 is 20.2 Å². The lowest BCUT2D eigenvalue weighted by atomic mass is 9.95. The Bertz CT molecular complexity index is 599. The highest BCUT2D eigenvalue weighted by atomic mass is 16.7. The van der Waals surface area contributed by atoms with Crippen molar-refractivity contribution in [1.29, 1.82) is 0 Å². The van der Waals surface area contributed by atoms with Gasteiger partial charge in [-0.25, -0.2) is 0 Å². The Morgan fingerprint density at radius 3 is 2.71 bits per heavy atom. The van der Waals surface area contributed by atoms with E-state index in [1.54, 1.807) is 0 Å². The Hall–Kier alpha value is -1.68. The second-order valence-corrected chi connectivity index (χ2v) is 4.94. The number of aromatic nitrogens is 1.